The second-order valence-electron chi connectivity index (χ2n) is 7.11. The van der Waals surface area contributed by atoms with Gasteiger partial charge in [0.05, 0.1) is 0 Å². The monoisotopic (exact) mass is 359 g/mol. The molecule has 3 heterocycles. The summed E-state index contributed by atoms with van der Waals surface area (Å²) in [5.41, 5.74) is 1.51. The van der Waals surface area contributed by atoms with E-state index in [9.17, 15) is 4.79 Å². The number of anilines is 1. The van der Waals surface area contributed by atoms with Gasteiger partial charge in [-0.25, -0.2) is 15.0 Å². The first kappa shape index (κ1) is 17.8. The smallest absolute Gasteiger partial charge is 0.217 e. The molecule has 134 valence electrons. The fraction of sp³-hybridized carbons (Fsp3) is 0.556. The third-order valence-electron chi connectivity index (χ3n) is 4.41. The maximum absolute atomic E-state index is 11.8. The molecule has 2 aromatic heterocycles. The molecule has 1 fully saturated rings. The molecule has 0 bridgehead atoms. The van der Waals surface area contributed by atoms with Crippen molar-refractivity contribution in [1.29, 1.82) is 0 Å². The van der Waals surface area contributed by atoms with Crippen molar-refractivity contribution in [3.05, 3.63) is 33.7 Å². The molecule has 0 aromatic carbocycles. The molecule has 7 heteroatoms. The van der Waals surface area contributed by atoms with Crippen LogP contribution in [0.5, 0.6) is 0 Å². The van der Waals surface area contributed by atoms with Crippen LogP contribution in [0.3, 0.4) is 0 Å². The van der Waals surface area contributed by atoms with Crippen molar-refractivity contribution in [2.75, 3.05) is 18.0 Å². The van der Waals surface area contributed by atoms with Gasteiger partial charge < -0.3 is 10.2 Å². The van der Waals surface area contributed by atoms with E-state index in [1.165, 1.54) is 0 Å². The van der Waals surface area contributed by atoms with Crippen molar-refractivity contribution in [2.24, 2.45) is 0 Å². The average molecular weight is 359 g/mol. The minimum atomic E-state index is -0.443. The van der Waals surface area contributed by atoms with E-state index in [1.54, 1.807) is 18.3 Å². The predicted molar refractivity (Wildman–Crippen MR) is 100 cm³/mol. The fourth-order valence-corrected chi connectivity index (χ4v) is 4.22. The van der Waals surface area contributed by atoms with Gasteiger partial charge in [0, 0.05) is 48.8 Å². The number of rotatable bonds is 4. The Morgan fingerprint density at radius 3 is 2.64 bits per heavy atom. The lowest BCUT2D eigenvalue weighted by Gasteiger charge is -2.28. The average Bonchev–Trinajstić information content (AvgIpc) is 3.13. The number of nitrogens with one attached hydrogen (secondary N) is 1. The van der Waals surface area contributed by atoms with E-state index >= 15 is 0 Å². The van der Waals surface area contributed by atoms with Crippen LogP contribution in [-0.2, 0) is 10.3 Å². The van der Waals surface area contributed by atoms with Gasteiger partial charge >= 0.3 is 0 Å². The molecule has 1 aliphatic rings. The number of aryl methyl sites for hydroxylation is 2. The fourth-order valence-electron chi connectivity index (χ4n) is 3.24. The second-order valence-corrected chi connectivity index (χ2v) is 7.97. The minimum absolute atomic E-state index is 0.0311. The van der Waals surface area contributed by atoms with Gasteiger partial charge in [-0.2, -0.15) is 0 Å². The molecule has 3 rings (SSSR count). The summed E-state index contributed by atoms with van der Waals surface area (Å²) in [6, 6.07) is 2.02. The summed E-state index contributed by atoms with van der Waals surface area (Å²) in [7, 11) is 0. The topological polar surface area (TPSA) is 71.0 Å². The molecule has 0 radical (unpaired) electrons. The van der Waals surface area contributed by atoms with Crippen molar-refractivity contribution in [3.63, 3.8) is 0 Å². The van der Waals surface area contributed by atoms with E-state index in [0.29, 0.717) is 6.54 Å². The first-order valence-corrected chi connectivity index (χ1v) is 9.49. The van der Waals surface area contributed by atoms with E-state index in [2.05, 4.69) is 34.0 Å². The molecule has 25 heavy (non-hydrogen) atoms. The van der Waals surface area contributed by atoms with Gasteiger partial charge in [0.15, 0.2) is 0 Å². The molecule has 1 atom stereocenters. The van der Waals surface area contributed by atoms with Gasteiger partial charge in [0.2, 0.25) is 5.91 Å². The molecule has 1 saturated heterocycles. The summed E-state index contributed by atoms with van der Waals surface area (Å²) >= 11 is 1.61. The third kappa shape index (κ3) is 3.66. The molecule has 0 aliphatic carbocycles. The number of hydrogen-bond donors (Lipinski definition) is 1. The van der Waals surface area contributed by atoms with Crippen LogP contribution in [0.2, 0.25) is 0 Å². The Kier molecular flexibility index (Phi) is 4.77. The van der Waals surface area contributed by atoms with Gasteiger partial charge in [-0.05, 0) is 20.3 Å². The maximum Gasteiger partial charge on any atom is 0.217 e. The summed E-state index contributed by atoms with van der Waals surface area (Å²) in [6.45, 7) is 11.2. The molecular formula is C18H25N5OS. The number of carbonyl (C=O) groups is 1. The quantitative estimate of drug-likeness (QED) is 0.909. The third-order valence-corrected chi connectivity index (χ3v) is 5.58. The van der Waals surface area contributed by atoms with Crippen LogP contribution in [0.15, 0.2) is 11.4 Å². The minimum Gasteiger partial charge on any atom is -0.354 e. The first-order valence-electron chi connectivity index (χ1n) is 8.61. The maximum atomic E-state index is 11.8. The zero-order chi connectivity index (χ0) is 18.2. The van der Waals surface area contributed by atoms with Crippen LogP contribution in [0.4, 0.5) is 5.82 Å². The normalized spacial score (nSPS) is 20.3. The van der Waals surface area contributed by atoms with Crippen LogP contribution in [-0.4, -0.2) is 33.9 Å². The Bertz CT molecular complexity index is 788. The van der Waals surface area contributed by atoms with Gasteiger partial charge in [-0.15, -0.1) is 11.3 Å². The van der Waals surface area contributed by atoms with E-state index in [-0.39, 0.29) is 11.8 Å². The van der Waals surface area contributed by atoms with Gasteiger partial charge in [0.1, 0.15) is 22.2 Å². The molecule has 1 N–H and O–H groups in total. The van der Waals surface area contributed by atoms with E-state index < -0.39 is 5.54 Å². The summed E-state index contributed by atoms with van der Waals surface area (Å²) in [5.74, 6) is 2.04. The molecule has 2 aromatic rings. The number of nitrogens with zero attached hydrogens (tertiary/aromatic N) is 4. The molecule has 1 aliphatic heterocycles. The van der Waals surface area contributed by atoms with Crippen LogP contribution < -0.4 is 10.2 Å². The number of aromatic nitrogens is 3. The number of carbonyl (C=O) groups excluding carboxylic acids is 1. The van der Waals surface area contributed by atoms with E-state index in [0.717, 1.165) is 41.0 Å². The largest absolute Gasteiger partial charge is 0.354 e. The van der Waals surface area contributed by atoms with Crippen molar-refractivity contribution < 1.29 is 4.79 Å². The molecule has 0 saturated carbocycles. The van der Waals surface area contributed by atoms with Gasteiger partial charge in [-0.3, -0.25) is 4.79 Å². The highest BCUT2D eigenvalue weighted by Crippen LogP contribution is 2.36. The lowest BCUT2D eigenvalue weighted by Crippen LogP contribution is -2.47. The predicted octanol–water partition coefficient (Wildman–Crippen LogP) is 2.92. The Morgan fingerprint density at radius 2 is 2.04 bits per heavy atom. The van der Waals surface area contributed by atoms with Crippen molar-refractivity contribution in [2.45, 2.75) is 52.5 Å². The van der Waals surface area contributed by atoms with Crippen molar-refractivity contribution in [1.82, 2.24) is 20.3 Å². The number of thiazole rings is 1. The highest BCUT2D eigenvalue weighted by atomic mass is 32.1. The van der Waals surface area contributed by atoms with E-state index in [4.69, 9.17) is 4.98 Å². The summed E-state index contributed by atoms with van der Waals surface area (Å²) in [5, 5.41) is 6.17. The Hall–Kier alpha value is -2.02. The Labute approximate surface area is 152 Å². The molecule has 1 amide bonds. The number of amides is 1. The van der Waals surface area contributed by atoms with Gasteiger partial charge in [0.25, 0.3) is 0 Å². The SMILES string of the molecule is CC(=O)NC1(c2nc(C)cs2)CCN(c2cc(C)nc(C(C)C)n2)C1. The summed E-state index contributed by atoms with van der Waals surface area (Å²) in [4.78, 5) is 28.0. The van der Waals surface area contributed by atoms with Crippen LogP contribution in [0, 0.1) is 13.8 Å². The lowest BCUT2D eigenvalue weighted by molar-refractivity contribution is -0.120. The van der Waals surface area contributed by atoms with Crippen molar-refractivity contribution >= 4 is 23.1 Å². The van der Waals surface area contributed by atoms with Gasteiger partial charge in [-0.1, -0.05) is 13.8 Å². The highest BCUT2D eigenvalue weighted by molar-refractivity contribution is 7.09. The zero-order valence-corrected chi connectivity index (χ0v) is 16.3. The molecule has 0 spiro atoms. The Balaban J connectivity index is 1.93. The molecule has 6 nitrogen and oxygen atoms in total. The van der Waals surface area contributed by atoms with Crippen molar-refractivity contribution in [3.8, 4) is 0 Å². The van der Waals surface area contributed by atoms with Crippen LogP contribution in [0.25, 0.3) is 0 Å². The standard InChI is InChI=1S/C18H25N5OS/c1-11(2)16-19-12(3)8-15(21-16)23-7-6-18(10-23,22-14(5)24)17-20-13(4)9-25-17/h8-9,11H,6-7,10H2,1-5H3,(H,22,24). The van der Waals surface area contributed by atoms with E-state index in [1.807, 2.05) is 25.3 Å². The lowest BCUT2D eigenvalue weighted by atomic mass is 9.99. The molecular weight excluding hydrogens is 334 g/mol. The Morgan fingerprint density at radius 1 is 1.28 bits per heavy atom. The number of hydrogen-bond acceptors (Lipinski definition) is 6. The summed E-state index contributed by atoms with van der Waals surface area (Å²) in [6.07, 6.45) is 0.819. The highest BCUT2D eigenvalue weighted by Gasteiger charge is 2.43. The van der Waals surface area contributed by atoms with Crippen LogP contribution in [0.1, 0.15) is 55.3 Å². The summed E-state index contributed by atoms with van der Waals surface area (Å²) < 4.78 is 0. The van der Waals surface area contributed by atoms with Crippen LogP contribution >= 0.6 is 11.3 Å². The second kappa shape index (κ2) is 6.71. The zero-order valence-electron chi connectivity index (χ0n) is 15.5. The first-order chi connectivity index (χ1) is 11.8. The molecule has 1 unspecified atom stereocenters.